The Labute approximate surface area is 157 Å². The molecular formula is C18H17F5N2OS. The number of aromatic nitrogens is 1. The summed E-state index contributed by atoms with van der Waals surface area (Å²) < 4.78 is 61.9. The minimum atomic E-state index is -4.43. The summed E-state index contributed by atoms with van der Waals surface area (Å²) in [5, 5.41) is 2.51. The second kappa shape index (κ2) is 9.96. The van der Waals surface area contributed by atoms with Crippen molar-refractivity contribution in [3.8, 4) is 10.4 Å². The Hall–Kier alpha value is -2.55. The van der Waals surface area contributed by atoms with E-state index < -0.39 is 23.5 Å². The van der Waals surface area contributed by atoms with Gasteiger partial charge in [-0.2, -0.15) is 13.2 Å². The predicted octanol–water partition coefficient (Wildman–Crippen LogP) is 6.52. The van der Waals surface area contributed by atoms with Crippen molar-refractivity contribution in [2.24, 2.45) is 0 Å². The molecule has 1 heterocycles. The van der Waals surface area contributed by atoms with E-state index in [4.69, 9.17) is 0 Å². The van der Waals surface area contributed by atoms with E-state index in [1.165, 1.54) is 31.3 Å². The average molecular weight is 404 g/mol. The summed E-state index contributed by atoms with van der Waals surface area (Å²) in [5.41, 5.74) is -0.426. The maximum atomic E-state index is 12.7. The number of nitrogens with one attached hydrogen (secondary N) is 1. The molecule has 0 atom stereocenters. The van der Waals surface area contributed by atoms with Crippen LogP contribution in [-0.2, 0) is 11.0 Å². The molecule has 0 saturated heterocycles. The first-order valence-corrected chi connectivity index (χ1v) is 8.41. The van der Waals surface area contributed by atoms with Crippen molar-refractivity contribution >= 4 is 22.4 Å². The van der Waals surface area contributed by atoms with Gasteiger partial charge in [0.1, 0.15) is 5.83 Å². The summed E-state index contributed by atoms with van der Waals surface area (Å²) >= 11 is 0.999. The van der Waals surface area contributed by atoms with Crippen LogP contribution in [0.5, 0.6) is 0 Å². The standard InChI is InChI=1S/C14H10F4N2OS.C4H7F/c1-8(15)5-12(21)20-13-19-7-11(22-13)9-3-2-4-10(6-9)14(16,17)18;1-3-4(2)5/h2-7H,1H3,(H,19,20,21);3H,1-2H3/b8-5-;4-3+. The van der Waals surface area contributed by atoms with Gasteiger partial charge in [-0.05, 0) is 38.5 Å². The highest BCUT2D eigenvalue weighted by molar-refractivity contribution is 7.19. The van der Waals surface area contributed by atoms with Gasteiger partial charge in [0.25, 0.3) is 5.91 Å². The lowest BCUT2D eigenvalue weighted by atomic mass is 10.1. The van der Waals surface area contributed by atoms with Crippen molar-refractivity contribution in [3.63, 3.8) is 0 Å². The van der Waals surface area contributed by atoms with Crippen LogP contribution in [0.25, 0.3) is 10.4 Å². The third-order valence-corrected chi connectivity index (χ3v) is 3.90. The van der Waals surface area contributed by atoms with E-state index in [-0.39, 0.29) is 11.0 Å². The smallest absolute Gasteiger partial charge is 0.298 e. The molecule has 0 spiro atoms. The first-order valence-electron chi connectivity index (χ1n) is 7.59. The Bertz CT molecular complexity index is 832. The molecule has 2 aromatic rings. The maximum absolute atomic E-state index is 12.7. The minimum absolute atomic E-state index is 0.120. The van der Waals surface area contributed by atoms with Gasteiger partial charge in [-0.25, -0.2) is 13.8 Å². The van der Waals surface area contributed by atoms with Crippen molar-refractivity contribution in [1.29, 1.82) is 0 Å². The highest BCUT2D eigenvalue weighted by Crippen LogP contribution is 2.34. The van der Waals surface area contributed by atoms with Crippen LogP contribution in [0.4, 0.5) is 27.1 Å². The Morgan fingerprint density at radius 3 is 2.33 bits per heavy atom. The molecule has 27 heavy (non-hydrogen) atoms. The van der Waals surface area contributed by atoms with Gasteiger partial charge in [0.2, 0.25) is 0 Å². The zero-order valence-electron chi connectivity index (χ0n) is 14.7. The van der Waals surface area contributed by atoms with E-state index in [0.717, 1.165) is 36.5 Å². The lowest BCUT2D eigenvalue weighted by molar-refractivity contribution is -0.137. The Morgan fingerprint density at radius 2 is 1.81 bits per heavy atom. The molecule has 2 rings (SSSR count). The molecule has 0 aliphatic heterocycles. The number of amides is 1. The summed E-state index contributed by atoms with van der Waals surface area (Å²) in [6, 6.07) is 4.79. The van der Waals surface area contributed by atoms with Crippen LogP contribution >= 0.6 is 11.3 Å². The molecule has 1 amide bonds. The maximum Gasteiger partial charge on any atom is 0.416 e. The minimum Gasteiger partial charge on any atom is -0.298 e. The topological polar surface area (TPSA) is 42.0 Å². The number of nitrogens with zero attached hydrogens (tertiary/aromatic N) is 1. The lowest BCUT2D eigenvalue weighted by Gasteiger charge is -2.07. The molecule has 0 fully saturated rings. The van der Waals surface area contributed by atoms with Crippen LogP contribution in [0.15, 0.2) is 54.3 Å². The van der Waals surface area contributed by atoms with Crippen LogP contribution < -0.4 is 5.32 Å². The lowest BCUT2D eigenvalue weighted by Crippen LogP contribution is -2.07. The first-order chi connectivity index (χ1) is 12.5. The summed E-state index contributed by atoms with van der Waals surface area (Å²) in [4.78, 5) is 15.7. The molecule has 3 nitrogen and oxygen atoms in total. The molecule has 0 bridgehead atoms. The highest BCUT2D eigenvalue weighted by Gasteiger charge is 2.30. The number of thiazole rings is 1. The van der Waals surface area contributed by atoms with E-state index in [1.807, 2.05) is 0 Å². The van der Waals surface area contributed by atoms with Crippen molar-refractivity contribution < 1.29 is 26.7 Å². The number of benzene rings is 1. The van der Waals surface area contributed by atoms with Crippen molar-refractivity contribution in [2.75, 3.05) is 5.32 Å². The molecule has 0 radical (unpaired) electrons. The van der Waals surface area contributed by atoms with E-state index in [9.17, 15) is 26.7 Å². The molecule has 0 saturated carbocycles. The number of anilines is 1. The van der Waals surface area contributed by atoms with E-state index in [2.05, 4.69) is 10.3 Å². The second-order valence-corrected chi connectivity index (χ2v) is 6.23. The molecule has 1 aromatic heterocycles. The number of alkyl halides is 3. The van der Waals surface area contributed by atoms with Gasteiger partial charge < -0.3 is 0 Å². The Balaban J connectivity index is 0.000000646. The van der Waals surface area contributed by atoms with Crippen LogP contribution in [0.2, 0.25) is 0 Å². The van der Waals surface area contributed by atoms with Crippen molar-refractivity contribution in [1.82, 2.24) is 4.98 Å². The number of halogens is 5. The Kier molecular flexibility index (Phi) is 8.30. The predicted molar refractivity (Wildman–Crippen MR) is 96.6 cm³/mol. The average Bonchev–Trinajstić information content (AvgIpc) is 3.02. The number of hydrogen-bond acceptors (Lipinski definition) is 3. The monoisotopic (exact) mass is 404 g/mol. The normalized spacial score (nSPS) is 12.3. The van der Waals surface area contributed by atoms with Gasteiger partial charge >= 0.3 is 6.18 Å². The molecule has 0 aliphatic rings. The quantitative estimate of drug-likeness (QED) is 0.467. The fourth-order valence-electron chi connectivity index (χ4n) is 1.64. The van der Waals surface area contributed by atoms with E-state index in [0.29, 0.717) is 10.4 Å². The van der Waals surface area contributed by atoms with Crippen LogP contribution in [-0.4, -0.2) is 10.9 Å². The third-order valence-electron chi connectivity index (χ3n) is 2.94. The molecule has 0 aliphatic carbocycles. The molecular weight excluding hydrogens is 387 g/mol. The second-order valence-electron chi connectivity index (χ2n) is 5.20. The number of carbonyl (C=O) groups excluding carboxylic acids is 1. The van der Waals surface area contributed by atoms with Crippen molar-refractivity contribution in [2.45, 2.75) is 26.9 Å². The summed E-state index contributed by atoms with van der Waals surface area (Å²) in [6.45, 7) is 4.20. The highest BCUT2D eigenvalue weighted by atomic mass is 32.1. The van der Waals surface area contributed by atoms with E-state index >= 15 is 0 Å². The fraction of sp³-hybridized carbons (Fsp3) is 0.222. The molecule has 146 valence electrons. The third kappa shape index (κ3) is 8.12. The van der Waals surface area contributed by atoms with Crippen LogP contribution in [0.1, 0.15) is 26.3 Å². The van der Waals surface area contributed by atoms with Gasteiger partial charge in [-0.15, -0.1) is 0 Å². The number of carbonyl (C=O) groups is 1. The van der Waals surface area contributed by atoms with Gasteiger partial charge in [0, 0.05) is 12.3 Å². The molecule has 1 N–H and O–H groups in total. The first kappa shape index (κ1) is 22.5. The zero-order chi connectivity index (χ0) is 20.6. The number of allylic oxidation sites excluding steroid dienone is 3. The number of hydrogen-bond donors (Lipinski definition) is 1. The molecule has 1 aromatic carbocycles. The summed E-state index contributed by atoms with van der Waals surface area (Å²) in [6.07, 6.45) is -0.908. The largest absolute Gasteiger partial charge is 0.416 e. The van der Waals surface area contributed by atoms with Gasteiger partial charge in [-0.1, -0.05) is 29.5 Å². The SMILES string of the molecule is C/C(F)=C/C(=O)Nc1ncc(-c2cccc(C(F)(F)F)c2)s1.C/C=C(\C)F. The summed E-state index contributed by atoms with van der Waals surface area (Å²) in [7, 11) is 0. The van der Waals surface area contributed by atoms with Crippen LogP contribution in [0, 0.1) is 0 Å². The van der Waals surface area contributed by atoms with Crippen LogP contribution in [0.3, 0.4) is 0 Å². The van der Waals surface area contributed by atoms with E-state index in [1.54, 1.807) is 6.92 Å². The zero-order valence-corrected chi connectivity index (χ0v) is 15.5. The number of rotatable bonds is 3. The van der Waals surface area contributed by atoms with Gasteiger partial charge in [0.15, 0.2) is 5.13 Å². The fourth-order valence-corrected chi connectivity index (χ4v) is 2.45. The van der Waals surface area contributed by atoms with Crippen molar-refractivity contribution in [3.05, 3.63) is 59.8 Å². The Morgan fingerprint density at radius 1 is 1.19 bits per heavy atom. The summed E-state index contributed by atoms with van der Waals surface area (Å²) in [5.74, 6) is -1.47. The molecule has 9 heteroatoms. The van der Waals surface area contributed by atoms with Gasteiger partial charge in [0.05, 0.1) is 16.3 Å². The molecule has 0 unspecified atom stereocenters. The van der Waals surface area contributed by atoms with Gasteiger partial charge in [-0.3, -0.25) is 10.1 Å².